The molecule has 1 aromatic carbocycles. The molecule has 0 fully saturated rings. The Morgan fingerprint density at radius 2 is 2.08 bits per heavy atom. The van der Waals surface area contributed by atoms with Crippen molar-refractivity contribution in [2.45, 2.75) is 32.7 Å². The lowest BCUT2D eigenvalue weighted by Crippen LogP contribution is -2.35. The molecule has 1 rings (SSSR count). The van der Waals surface area contributed by atoms with Crippen LogP contribution < -0.4 is 15.8 Å². The molecule has 0 spiro atoms. The average molecular weight is 388 g/mol. The second-order valence-electron chi connectivity index (χ2n) is 6.44. The molecule has 3 nitrogen and oxygen atoms in total. The smallest absolute Gasteiger partial charge is 0.380 e. The standard InChI is InChI=1S/C19H27F3N2OS/c1-6-13(2)11-24(5)12-17-14(3)7-8-16(15(17)4)18(25)23-9-10-26-19(20,21)22/h7-8,12-13H,3,6,9-11H2,1-2,4-5H3,(H,23,25)/b17-12+. The Balaban J connectivity index is 2.91. The van der Waals surface area contributed by atoms with E-state index in [9.17, 15) is 18.0 Å². The number of rotatable bonds is 8. The second-order valence-corrected chi connectivity index (χ2v) is 7.60. The predicted octanol–water partition coefficient (Wildman–Crippen LogP) is 3.10. The van der Waals surface area contributed by atoms with Crippen LogP contribution in [-0.2, 0) is 0 Å². The van der Waals surface area contributed by atoms with Crippen molar-refractivity contribution in [3.05, 3.63) is 33.7 Å². The third-order valence-corrected chi connectivity index (χ3v) is 4.88. The number of carbonyl (C=O) groups excluding carboxylic acids is 1. The van der Waals surface area contributed by atoms with E-state index in [1.54, 1.807) is 12.1 Å². The van der Waals surface area contributed by atoms with Gasteiger partial charge in [0.05, 0.1) is 0 Å². The van der Waals surface area contributed by atoms with Crippen molar-refractivity contribution >= 4 is 30.4 Å². The fourth-order valence-electron chi connectivity index (χ4n) is 2.53. The monoisotopic (exact) mass is 388 g/mol. The van der Waals surface area contributed by atoms with Gasteiger partial charge in [0, 0.05) is 42.9 Å². The first-order valence-corrected chi connectivity index (χ1v) is 9.53. The molecule has 1 N–H and O–H groups in total. The number of benzene rings is 1. The minimum atomic E-state index is -4.28. The number of amides is 1. The number of hydrogen-bond donors (Lipinski definition) is 1. The van der Waals surface area contributed by atoms with Gasteiger partial charge in [0.15, 0.2) is 0 Å². The van der Waals surface area contributed by atoms with Crippen LogP contribution in [0.4, 0.5) is 13.2 Å². The van der Waals surface area contributed by atoms with Gasteiger partial charge in [-0.05, 0) is 41.5 Å². The quantitative estimate of drug-likeness (QED) is 0.695. The fraction of sp³-hybridized carbons (Fsp3) is 0.526. The van der Waals surface area contributed by atoms with Crippen LogP contribution in [0.5, 0.6) is 0 Å². The number of nitrogens with zero attached hydrogens (tertiary/aromatic N) is 1. The predicted molar refractivity (Wildman–Crippen MR) is 103 cm³/mol. The van der Waals surface area contributed by atoms with Crippen molar-refractivity contribution in [2.75, 3.05) is 25.9 Å². The van der Waals surface area contributed by atoms with Crippen molar-refractivity contribution in [1.29, 1.82) is 0 Å². The Bertz CT molecular complexity index is 719. The Morgan fingerprint density at radius 1 is 1.42 bits per heavy atom. The summed E-state index contributed by atoms with van der Waals surface area (Å²) in [6, 6.07) is 3.42. The summed E-state index contributed by atoms with van der Waals surface area (Å²) in [6.07, 6.45) is 3.05. The number of carbonyl (C=O) groups is 1. The molecule has 26 heavy (non-hydrogen) atoms. The Morgan fingerprint density at radius 3 is 2.65 bits per heavy atom. The summed E-state index contributed by atoms with van der Waals surface area (Å²) in [5.41, 5.74) is -3.05. The zero-order valence-electron chi connectivity index (χ0n) is 15.7. The first-order chi connectivity index (χ1) is 12.0. The summed E-state index contributed by atoms with van der Waals surface area (Å²) in [5, 5.41) is 4.22. The minimum Gasteiger partial charge on any atom is -0.380 e. The summed E-state index contributed by atoms with van der Waals surface area (Å²) >= 11 is -0.141. The first-order valence-electron chi connectivity index (χ1n) is 8.54. The SMILES string of the molecule is C=c1ccc(C(=O)NCCSC(F)(F)F)c(C)/c1=C/N(C)CC(C)CC. The van der Waals surface area contributed by atoms with Crippen molar-refractivity contribution in [3.8, 4) is 0 Å². The van der Waals surface area contributed by atoms with Crippen LogP contribution in [0.15, 0.2) is 12.1 Å². The van der Waals surface area contributed by atoms with Gasteiger partial charge in [0.2, 0.25) is 0 Å². The van der Waals surface area contributed by atoms with E-state index in [0.29, 0.717) is 11.5 Å². The molecule has 1 amide bonds. The van der Waals surface area contributed by atoms with E-state index in [2.05, 4.69) is 30.6 Å². The molecule has 146 valence electrons. The first kappa shape index (κ1) is 22.4. The molecule has 0 aliphatic carbocycles. The molecule has 0 heterocycles. The van der Waals surface area contributed by atoms with Gasteiger partial charge in [-0.2, -0.15) is 13.2 Å². The minimum absolute atomic E-state index is 0.0401. The molecule has 0 aliphatic rings. The van der Waals surface area contributed by atoms with Gasteiger partial charge in [-0.25, -0.2) is 0 Å². The number of alkyl halides is 3. The van der Waals surface area contributed by atoms with Crippen LogP contribution >= 0.6 is 11.8 Å². The summed E-state index contributed by atoms with van der Waals surface area (Å²) in [4.78, 5) is 14.4. The lowest BCUT2D eigenvalue weighted by atomic mass is 10.0. The summed E-state index contributed by atoms with van der Waals surface area (Å²) in [6.45, 7) is 11.0. The van der Waals surface area contributed by atoms with E-state index in [1.165, 1.54) is 0 Å². The van der Waals surface area contributed by atoms with Crippen molar-refractivity contribution in [1.82, 2.24) is 10.2 Å². The Labute approximate surface area is 157 Å². The third kappa shape index (κ3) is 7.32. The van der Waals surface area contributed by atoms with E-state index in [-0.39, 0.29) is 30.0 Å². The van der Waals surface area contributed by atoms with Gasteiger partial charge < -0.3 is 10.2 Å². The topological polar surface area (TPSA) is 32.3 Å². The van der Waals surface area contributed by atoms with Crippen LogP contribution in [-0.4, -0.2) is 42.2 Å². The number of halogens is 3. The average Bonchev–Trinajstić information content (AvgIpc) is 2.54. The van der Waals surface area contributed by atoms with E-state index in [4.69, 9.17) is 0 Å². The van der Waals surface area contributed by atoms with Crippen LogP contribution in [0, 0.1) is 12.8 Å². The molecule has 7 heteroatoms. The fourth-order valence-corrected chi connectivity index (χ4v) is 2.97. The molecule has 0 saturated heterocycles. The van der Waals surface area contributed by atoms with E-state index < -0.39 is 5.51 Å². The molecule has 0 bridgehead atoms. The van der Waals surface area contributed by atoms with Crippen LogP contribution in [0.3, 0.4) is 0 Å². The van der Waals surface area contributed by atoms with Crippen molar-refractivity contribution < 1.29 is 18.0 Å². The molecule has 0 saturated carbocycles. The van der Waals surface area contributed by atoms with Crippen LogP contribution in [0.2, 0.25) is 0 Å². The normalized spacial score (nSPS) is 13.6. The van der Waals surface area contributed by atoms with Crippen molar-refractivity contribution in [2.24, 2.45) is 5.92 Å². The maximum Gasteiger partial charge on any atom is 0.441 e. The highest BCUT2D eigenvalue weighted by atomic mass is 32.2. The van der Waals surface area contributed by atoms with E-state index in [1.807, 2.05) is 20.2 Å². The van der Waals surface area contributed by atoms with E-state index in [0.717, 1.165) is 29.0 Å². The van der Waals surface area contributed by atoms with Crippen molar-refractivity contribution in [3.63, 3.8) is 0 Å². The van der Waals surface area contributed by atoms with Gasteiger partial charge >= 0.3 is 5.51 Å². The van der Waals surface area contributed by atoms with Crippen LogP contribution in [0.1, 0.15) is 36.2 Å². The van der Waals surface area contributed by atoms with Gasteiger partial charge in [-0.1, -0.05) is 32.9 Å². The maximum atomic E-state index is 12.3. The molecule has 1 unspecified atom stereocenters. The number of hydrogen-bond acceptors (Lipinski definition) is 3. The van der Waals surface area contributed by atoms with Gasteiger partial charge in [0.1, 0.15) is 0 Å². The lowest BCUT2D eigenvalue weighted by molar-refractivity contribution is -0.0327. The molecule has 0 aliphatic heterocycles. The second kappa shape index (κ2) is 9.90. The number of thioether (sulfide) groups is 1. The highest BCUT2D eigenvalue weighted by Gasteiger charge is 2.27. The van der Waals surface area contributed by atoms with Gasteiger partial charge in [-0.15, -0.1) is 0 Å². The summed E-state index contributed by atoms with van der Waals surface area (Å²) < 4.78 is 36.4. The molecular formula is C19H27F3N2OS. The molecule has 0 radical (unpaired) electrons. The highest BCUT2D eigenvalue weighted by Crippen LogP contribution is 2.29. The number of nitrogens with one attached hydrogen (secondary N) is 1. The summed E-state index contributed by atoms with van der Waals surface area (Å²) in [5.74, 6) is -0.0369. The zero-order valence-corrected chi connectivity index (χ0v) is 16.6. The summed E-state index contributed by atoms with van der Waals surface area (Å²) in [7, 11) is 1.98. The van der Waals surface area contributed by atoms with Gasteiger partial charge in [-0.3, -0.25) is 4.79 Å². The molecule has 1 atom stereocenters. The van der Waals surface area contributed by atoms with E-state index >= 15 is 0 Å². The Kier molecular flexibility index (Phi) is 8.53. The highest BCUT2D eigenvalue weighted by molar-refractivity contribution is 8.00. The molecule has 1 aromatic rings. The molecular weight excluding hydrogens is 361 g/mol. The zero-order chi connectivity index (χ0) is 19.9. The van der Waals surface area contributed by atoms with Crippen LogP contribution in [0.25, 0.3) is 12.8 Å². The lowest BCUT2D eigenvalue weighted by Gasteiger charge is -2.19. The maximum absolute atomic E-state index is 12.3. The molecule has 0 aromatic heterocycles. The largest absolute Gasteiger partial charge is 0.441 e. The van der Waals surface area contributed by atoms with Gasteiger partial charge in [0.25, 0.3) is 5.91 Å². The third-order valence-electron chi connectivity index (χ3n) is 4.15. The Hall–Kier alpha value is -1.63.